The lowest BCUT2D eigenvalue weighted by molar-refractivity contribution is -0.123. The van der Waals surface area contributed by atoms with E-state index in [1.54, 1.807) is 7.11 Å². The van der Waals surface area contributed by atoms with Crippen molar-refractivity contribution in [3.63, 3.8) is 0 Å². The first-order valence-corrected chi connectivity index (χ1v) is 8.44. The highest BCUT2D eigenvalue weighted by Gasteiger charge is 2.09. The molecule has 0 atom stereocenters. The number of amides is 1. The predicted octanol–water partition coefficient (Wildman–Crippen LogP) is 4.06. The Morgan fingerprint density at radius 3 is 2.27 bits per heavy atom. The summed E-state index contributed by atoms with van der Waals surface area (Å²) in [5, 5.41) is 2.86. The Bertz CT molecular complexity index is 862. The van der Waals surface area contributed by atoms with Crippen molar-refractivity contribution >= 4 is 5.91 Å². The van der Waals surface area contributed by atoms with Crippen LogP contribution in [0.3, 0.4) is 0 Å². The first-order valence-electron chi connectivity index (χ1n) is 8.44. The third kappa shape index (κ3) is 4.42. The van der Waals surface area contributed by atoms with Gasteiger partial charge in [-0.05, 0) is 17.7 Å². The van der Waals surface area contributed by atoms with Crippen LogP contribution in [0.1, 0.15) is 5.56 Å². The maximum Gasteiger partial charge on any atom is 0.258 e. The van der Waals surface area contributed by atoms with E-state index in [1.165, 1.54) is 0 Å². The van der Waals surface area contributed by atoms with Gasteiger partial charge in [-0.1, -0.05) is 66.7 Å². The van der Waals surface area contributed by atoms with Crippen LogP contribution in [0.2, 0.25) is 0 Å². The average molecular weight is 347 g/mol. The van der Waals surface area contributed by atoms with Crippen LogP contribution in [0.4, 0.5) is 0 Å². The maximum absolute atomic E-state index is 12.2. The van der Waals surface area contributed by atoms with E-state index >= 15 is 0 Å². The maximum atomic E-state index is 12.2. The Kier molecular flexibility index (Phi) is 5.88. The summed E-state index contributed by atoms with van der Waals surface area (Å²) < 4.78 is 11.0. The molecule has 0 aliphatic carbocycles. The van der Waals surface area contributed by atoms with Crippen LogP contribution < -0.4 is 14.8 Å². The Balaban J connectivity index is 1.60. The Morgan fingerprint density at radius 2 is 1.50 bits per heavy atom. The number of benzene rings is 3. The van der Waals surface area contributed by atoms with E-state index in [-0.39, 0.29) is 12.5 Å². The van der Waals surface area contributed by atoms with E-state index in [2.05, 4.69) is 5.32 Å². The third-order valence-corrected chi connectivity index (χ3v) is 4.00. The molecule has 4 nitrogen and oxygen atoms in total. The monoisotopic (exact) mass is 347 g/mol. The molecule has 0 saturated heterocycles. The molecule has 0 aromatic heterocycles. The smallest absolute Gasteiger partial charge is 0.258 e. The molecule has 0 heterocycles. The highest BCUT2D eigenvalue weighted by Crippen LogP contribution is 2.29. The number of nitrogens with one attached hydrogen (secondary N) is 1. The molecular weight excluding hydrogens is 326 g/mol. The fourth-order valence-corrected chi connectivity index (χ4v) is 2.69. The molecule has 1 amide bonds. The second-order valence-corrected chi connectivity index (χ2v) is 5.74. The summed E-state index contributed by atoms with van der Waals surface area (Å²) in [6, 6.07) is 25.3. The van der Waals surface area contributed by atoms with Crippen molar-refractivity contribution in [3.8, 4) is 22.6 Å². The summed E-state index contributed by atoms with van der Waals surface area (Å²) in [5.74, 6) is 1.26. The van der Waals surface area contributed by atoms with Gasteiger partial charge in [0.2, 0.25) is 0 Å². The molecule has 1 N–H and O–H groups in total. The molecule has 0 unspecified atom stereocenters. The number of rotatable bonds is 7. The lowest BCUT2D eigenvalue weighted by Crippen LogP contribution is -2.28. The SMILES string of the molecule is COc1ccccc1CNC(=O)COc1ccccc1-c1ccccc1. The number of hydrogen-bond donors (Lipinski definition) is 1. The summed E-state index contributed by atoms with van der Waals surface area (Å²) in [4.78, 5) is 12.2. The lowest BCUT2D eigenvalue weighted by atomic mass is 10.1. The zero-order chi connectivity index (χ0) is 18.2. The van der Waals surface area contributed by atoms with E-state index in [9.17, 15) is 4.79 Å². The average Bonchev–Trinajstić information content (AvgIpc) is 2.71. The van der Waals surface area contributed by atoms with Crippen molar-refractivity contribution in [1.29, 1.82) is 0 Å². The second-order valence-electron chi connectivity index (χ2n) is 5.74. The minimum absolute atomic E-state index is 0.0427. The molecule has 4 heteroatoms. The van der Waals surface area contributed by atoms with Gasteiger partial charge in [-0.3, -0.25) is 4.79 Å². The normalized spacial score (nSPS) is 10.2. The van der Waals surface area contributed by atoms with Crippen LogP contribution in [-0.4, -0.2) is 19.6 Å². The lowest BCUT2D eigenvalue weighted by Gasteiger charge is -2.12. The molecule has 0 bridgehead atoms. The van der Waals surface area contributed by atoms with Gasteiger partial charge in [0.25, 0.3) is 5.91 Å². The van der Waals surface area contributed by atoms with Crippen molar-refractivity contribution < 1.29 is 14.3 Å². The fourth-order valence-electron chi connectivity index (χ4n) is 2.69. The summed E-state index contributed by atoms with van der Waals surface area (Å²) in [5.41, 5.74) is 2.94. The number of para-hydroxylation sites is 2. The summed E-state index contributed by atoms with van der Waals surface area (Å²) >= 11 is 0. The number of methoxy groups -OCH3 is 1. The van der Waals surface area contributed by atoms with Gasteiger partial charge in [0, 0.05) is 17.7 Å². The Hall–Kier alpha value is -3.27. The van der Waals surface area contributed by atoms with Crippen LogP contribution in [0.15, 0.2) is 78.9 Å². The van der Waals surface area contributed by atoms with Crippen molar-refractivity contribution in [1.82, 2.24) is 5.32 Å². The van der Waals surface area contributed by atoms with Crippen molar-refractivity contribution in [2.45, 2.75) is 6.54 Å². The van der Waals surface area contributed by atoms with E-state index in [1.807, 2.05) is 78.9 Å². The van der Waals surface area contributed by atoms with Gasteiger partial charge < -0.3 is 14.8 Å². The van der Waals surface area contributed by atoms with E-state index in [4.69, 9.17) is 9.47 Å². The quantitative estimate of drug-likeness (QED) is 0.701. The molecule has 0 fully saturated rings. The van der Waals surface area contributed by atoms with Crippen molar-refractivity contribution in [2.24, 2.45) is 0 Å². The molecule has 0 spiro atoms. The number of carbonyl (C=O) groups excluding carboxylic acids is 1. The number of ether oxygens (including phenoxy) is 2. The molecule has 0 radical (unpaired) electrons. The molecule has 0 aliphatic rings. The van der Waals surface area contributed by atoms with Gasteiger partial charge >= 0.3 is 0 Å². The molecule has 0 saturated carbocycles. The summed E-state index contributed by atoms with van der Waals surface area (Å²) in [7, 11) is 1.62. The number of carbonyl (C=O) groups is 1. The molecule has 3 rings (SSSR count). The van der Waals surface area contributed by atoms with Crippen LogP contribution >= 0.6 is 0 Å². The first-order chi connectivity index (χ1) is 12.8. The second kappa shape index (κ2) is 8.72. The zero-order valence-electron chi connectivity index (χ0n) is 14.6. The van der Waals surface area contributed by atoms with Gasteiger partial charge in [0.15, 0.2) is 6.61 Å². The standard InChI is InChI=1S/C22H21NO3/c1-25-20-13-7-5-11-18(20)15-23-22(24)16-26-21-14-8-6-12-19(21)17-9-3-2-4-10-17/h2-14H,15-16H2,1H3,(H,23,24). The first kappa shape index (κ1) is 17.5. The number of hydrogen-bond acceptors (Lipinski definition) is 3. The van der Waals surface area contributed by atoms with Gasteiger partial charge in [-0.2, -0.15) is 0 Å². The molecule has 132 valence electrons. The third-order valence-electron chi connectivity index (χ3n) is 4.00. The van der Waals surface area contributed by atoms with Crippen LogP contribution in [-0.2, 0) is 11.3 Å². The van der Waals surface area contributed by atoms with Gasteiger partial charge in [0.05, 0.1) is 7.11 Å². The molecule has 26 heavy (non-hydrogen) atoms. The summed E-state index contributed by atoms with van der Waals surface area (Å²) in [6.07, 6.45) is 0. The van der Waals surface area contributed by atoms with Crippen LogP contribution in [0.25, 0.3) is 11.1 Å². The minimum Gasteiger partial charge on any atom is -0.496 e. The highest BCUT2D eigenvalue weighted by molar-refractivity contribution is 5.78. The van der Waals surface area contributed by atoms with E-state index in [0.29, 0.717) is 12.3 Å². The van der Waals surface area contributed by atoms with E-state index < -0.39 is 0 Å². The highest BCUT2D eigenvalue weighted by atomic mass is 16.5. The van der Waals surface area contributed by atoms with E-state index in [0.717, 1.165) is 22.4 Å². The van der Waals surface area contributed by atoms with Crippen molar-refractivity contribution in [3.05, 3.63) is 84.4 Å². The Morgan fingerprint density at radius 1 is 0.846 bits per heavy atom. The molecular formula is C22H21NO3. The predicted molar refractivity (Wildman–Crippen MR) is 102 cm³/mol. The molecule has 3 aromatic carbocycles. The van der Waals surface area contributed by atoms with Crippen molar-refractivity contribution in [2.75, 3.05) is 13.7 Å². The fraction of sp³-hybridized carbons (Fsp3) is 0.136. The molecule has 0 aliphatic heterocycles. The van der Waals surface area contributed by atoms with Crippen LogP contribution in [0, 0.1) is 0 Å². The van der Waals surface area contributed by atoms with Gasteiger partial charge in [-0.15, -0.1) is 0 Å². The topological polar surface area (TPSA) is 47.6 Å². The molecule has 3 aromatic rings. The van der Waals surface area contributed by atoms with Gasteiger partial charge in [-0.25, -0.2) is 0 Å². The minimum atomic E-state index is -0.182. The van der Waals surface area contributed by atoms with Gasteiger partial charge in [0.1, 0.15) is 11.5 Å². The Labute approximate surface area is 153 Å². The zero-order valence-corrected chi connectivity index (χ0v) is 14.6. The largest absolute Gasteiger partial charge is 0.496 e. The van der Waals surface area contributed by atoms with Crippen LogP contribution in [0.5, 0.6) is 11.5 Å². The summed E-state index contributed by atoms with van der Waals surface area (Å²) in [6.45, 7) is 0.353.